The SMILES string of the molecule is CCCCCCCCCCOC(=O)C(CC)(CC)C(=O)OCc1ccc(Cl)cc1. The Labute approximate surface area is 181 Å². The summed E-state index contributed by atoms with van der Waals surface area (Å²) in [6.07, 6.45) is 10.2. The molecule has 0 radical (unpaired) electrons. The first-order chi connectivity index (χ1) is 14.0. The van der Waals surface area contributed by atoms with Crippen LogP contribution >= 0.6 is 11.6 Å². The second kappa shape index (κ2) is 14.4. The van der Waals surface area contributed by atoms with E-state index in [1.807, 2.05) is 13.8 Å². The third-order valence-electron chi connectivity index (χ3n) is 5.50. The van der Waals surface area contributed by atoms with Crippen molar-refractivity contribution in [3.05, 3.63) is 34.9 Å². The molecule has 5 heteroatoms. The number of hydrogen-bond donors (Lipinski definition) is 0. The van der Waals surface area contributed by atoms with Gasteiger partial charge in [0.2, 0.25) is 0 Å². The maximum Gasteiger partial charge on any atom is 0.323 e. The molecule has 0 fully saturated rings. The molecule has 0 spiro atoms. The highest BCUT2D eigenvalue weighted by Gasteiger charge is 2.45. The highest BCUT2D eigenvalue weighted by molar-refractivity contribution is 6.30. The molecular weight excluding hydrogens is 388 g/mol. The minimum Gasteiger partial charge on any atom is -0.465 e. The quantitative estimate of drug-likeness (QED) is 0.175. The van der Waals surface area contributed by atoms with E-state index >= 15 is 0 Å². The number of halogens is 1. The van der Waals surface area contributed by atoms with Gasteiger partial charge < -0.3 is 9.47 Å². The molecule has 0 aliphatic carbocycles. The van der Waals surface area contributed by atoms with Gasteiger partial charge in [0.25, 0.3) is 0 Å². The summed E-state index contributed by atoms with van der Waals surface area (Å²) in [5.41, 5.74) is -0.400. The number of hydrogen-bond acceptors (Lipinski definition) is 4. The molecule has 0 atom stereocenters. The van der Waals surface area contributed by atoms with Crippen molar-refractivity contribution in [3.63, 3.8) is 0 Å². The number of carbonyl (C=O) groups excluding carboxylic acids is 2. The summed E-state index contributed by atoms with van der Waals surface area (Å²) < 4.78 is 10.9. The van der Waals surface area contributed by atoms with Crippen LogP contribution in [0.3, 0.4) is 0 Å². The Morgan fingerprint density at radius 2 is 1.31 bits per heavy atom. The van der Waals surface area contributed by atoms with Gasteiger partial charge in [0.05, 0.1) is 6.61 Å². The molecule has 164 valence electrons. The van der Waals surface area contributed by atoms with Crippen LogP contribution in [0.25, 0.3) is 0 Å². The summed E-state index contributed by atoms with van der Waals surface area (Å²) in [6.45, 7) is 6.34. The second-order valence-corrected chi connectivity index (χ2v) is 8.04. The average molecular weight is 425 g/mol. The highest BCUT2D eigenvalue weighted by Crippen LogP contribution is 2.30. The van der Waals surface area contributed by atoms with Crippen LogP contribution in [0.5, 0.6) is 0 Å². The fraction of sp³-hybridized carbons (Fsp3) is 0.667. The maximum absolute atomic E-state index is 12.7. The van der Waals surface area contributed by atoms with Gasteiger partial charge in [-0.3, -0.25) is 9.59 Å². The molecule has 0 aliphatic heterocycles. The van der Waals surface area contributed by atoms with Gasteiger partial charge in [-0.1, -0.05) is 89.5 Å². The van der Waals surface area contributed by atoms with Gasteiger partial charge in [0.15, 0.2) is 5.41 Å². The van der Waals surface area contributed by atoms with E-state index in [0.29, 0.717) is 24.5 Å². The Hall–Kier alpha value is -1.55. The van der Waals surface area contributed by atoms with Crippen molar-refractivity contribution >= 4 is 23.5 Å². The molecular formula is C24H37ClO4. The third-order valence-corrected chi connectivity index (χ3v) is 5.75. The number of rotatable bonds is 15. The van der Waals surface area contributed by atoms with Crippen LogP contribution in [0.4, 0.5) is 0 Å². The zero-order chi connectivity index (χ0) is 21.5. The summed E-state index contributed by atoms with van der Waals surface area (Å²) in [4.78, 5) is 25.4. The molecule has 4 nitrogen and oxygen atoms in total. The first-order valence-electron chi connectivity index (χ1n) is 11.1. The number of benzene rings is 1. The van der Waals surface area contributed by atoms with Gasteiger partial charge in [-0.05, 0) is 37.0 Å². The van der Waals surface area contributed by atoms with Gasteiger partial charge in [0, 0.05) is 5.02 Å². The van der Waals surface area contributed by atoms with Gasteiger partial charge in [-0.2, -0.15) is 0 Å². The Morgan fingerprint density at radius 3 is 1.86 bits per heavy atom. The van der Waals surface area contributed by atoms with E-state index in [2.05, 4.69) is 6.92 Å². The van der Waals surface area contributed by atoms with Gasteiger partial charge >= 0.3 is 11.9 Å². The van der Waals surface area contributed by atoms with Crippen LogP contribution in [0.2, 0.25) is 5.02 Å². The first-order valence-corrected chi connectivity index (χ1v) is 11.5. The number of ether oxygens (including phenoxy) is 2. The average Bonchev–Trinajstić information content (AvgIpc) is 2.73. The predicted octanol–water partition coefficient (Wildman–Crippen LogP) is 6.87. The smallest absolute Gasteiger partial charge is 0.323 e. The van der Waals surface area contributed by atoms with Crippen molar-refractivity contribution in [1.82, 2.24) is 0 Å². The maximum atomic E-state index is 12.7. The van der Waals surface area contributed by atoms with E-state index in [0.717, 1.165) is 24.8 Å². The molecule has 0 heterocycles. The monoisotopic (exact) mass is 424 g/mol. The van der Waals surface area contributed by atoms with Gasteiger partial charge in [0.1, 0.15) is 6.61 Å². The van der Waals surface area contributed by atoms with Crippen LogP contribution in [0.1, 0.15) is 90.5 Å². The minimum atomic E-state index is -1.23. The number of esters is 2. The second-order valence-electron chi connectivity index (χ2n) is 7.60. The lowest BCUT2D eigenvalue weighted by Crippen LogP contribution is -2.41. The van der Waals surface area contributed by atoms with Gasteiger partial charge in [-0.25, -0.2) is 0 Å². The van der Waals surface area contributed by atoms with Crippen molar-refractivity contribution in [2.24, 2.45) is 5.41 Å². The largest absolute Gasteiger partial charge is 0.465 e. The standard InChI is InChI=1S/C24H37ClO4/c1-4-7-8-9-10-11-12-13-18-28-22(26)24(5-2,6-3)23(27)29-19-20-14-16-21(25)17-15-20/h14-17H,4-13,18-19H2,1-3H3. The lowest BCUT2D eigenvalue weighted by Gasteiger charge is -2.27. The van der Waals surface area contributed by atoms with Crippen LogP contribution in [-0.4, -0.2) is 18.5 Å². The van der Waals surface area contributed by atoms with E-state index in [4.69, 9.17) is 21.1 Å². The molecule has 1 aromatic rings. The molecule has 1 rings (SSSR count). The molecule has 0 N–H and O–H groups in total. The lowest BCUT2D eigenvalue weighted by atomic mass is 9.82. The predicted molar refractivity (Wildman–Crippen MR) is 118 cm³/mol. The number of carbonyl (C=O) groups is 2. The van der Waals surface area contributed by atoms with Crippen LogP contribution in [0, 0.1) is 5.41 Å². The van der Waals surface area contributed by atoms with Crippen molar-refractivity contribution in [2.45, 2.75) is 91.6 Å². The summed E-state index contributed by atoms with van der Waals surface area (Å²) in [6, 6.07) is 7.09. The van der Waals surface area contributed by atoms with Crippen LogP contribution in [0.15, 0.2) is 24.3 Å². The normalized spacial score (nSPS) is 11.3. The molecule has 0 amide bonds. The highest BCUT2D eigenvalue weighted by atomic mass is 35.5. The summed E-state index contributed by atoms with van der Waals surface area (Å²) in [5.74, 6) is -0.982. The summed E-state index contributed by atoms with van der Waals surface area (Å²) >= 11 is 5.87. The molecule has 0 aromatic heterocycles. The van der Waals surface area contributed by atoms with E-state index in [1.54, 1.807) is 24.3 Å². The third kappa shape index (κ3) is 8.77. The van der Waals surface area contributed by atoms with E-state index in [9.17, 15) is 9.59 Å². The topological polar surface area (TPSA) is 52.6 Å². The van der Waals surface area contributed by atoms with Crippen molar-refractivity contribution in [1.29, 1.82) is 0 Å². The Kier molecular flexibility index (Phi) is 12.7. The molecule has 1 aromatic carbocycles. The minimum absolute atomic E-state index is 0.114. The van der Waals surface area contributed by atoms with Crippen LogP contribution in [-0.2, 0) is 25.7 Å². The van der Waals surface area contributed by atoms with E-state index < -0.39 is 17.4 Å². The summed E-state index contributed by atoms with van der Waals surface area (Å²) in [7, 11) is 0. The molecule has 0 saturated carbocycles. The first kappa shape index (κ1) is 25.5. The Balaban J connectivity index is 2.42. The lowest BCUT2D eigenvalue weighted by molar-refractivity contribution is -0.174. The van der Waals surface area contributed by atoms with Crippen molar-refractivity contribution in [2.75, 3.05) is 6.61 Å². The van der Waals surface area contributed by atoms with Crippen LogP contribution < -0.4 is 0 Å². The molecule has 0 unspecified atom stereocenters. The number of unbranched alkanes of at least 4 members (excludes halogenated alkanes) is 7. The Morgan fingerprint density at radius 1 is 0.793 bits per heavy atom. The van der Waals surface area contributed by atoms with Gasteiger partial charge in [-0.15, -0.1) is 0 Å². The summed E-state index contributed by atoms with van der Waals surface area (Å²) in [5, 5.41) is 0.626. The fourth-order valence-corrected chi connectivity index (χ4v) is 3.44. The molecule has 0 saturated heterocycles. The molecule has 0 aliphatic rings. The zero-order valence-corrected chi connectivity index (χ0v) is 19.1. The Bertz CT molecular complexity index is 593. The van der Waals surface area contributed by atoms with E-state index in [-0.39, 0.29) is 6.61 Å². The van der Waals surface area contributed by atoms with Crippen molar-refractivity contribution < 1.29 is 19.1 Å². The zero-order valence-electron chi connectivity index (χ0n) is 18.3. The van der Waals surface area contributed by atoms with E-state index in [1.165, 1.54) is 32.1 Å². The molecule has 0 bridgehead atoms. The molecule has 29 heavy (non-hydrogen) atoms. The fourth-order valence-electron chi connectivity index (χ4n) is 3.32. The van der Waals surface area contributed by atoms with Crippen molar-refractivity contribution in [3.8, 4) is 0 Å².